The number of aliphatic hydroxyl groups is 1. The van der Waals surface area contributed by atoms with Gasteiger partial charge in [0, 0.05) is 24.6 Å². The van der Waals surface area contributed by atoms with E-state index in [1.54, 1.807) is 17.8 Å². The van der Waals surface area contributed by atoms with Gasteiger partial charge in [-0.3, -0.25) is 0 Å². The van der Waals surface area contributed by atoms with Crippen molar-refractivity contribution in [3.05, 3.63) is 47.9 Å². The highest BCUT2D eigenvalue weighted by atomic mass is 16.5. The van der Waals surface area contributed by atoms with E-state index in [1.165, 1.54) is 6.20 Å². The second kappa shape index (κ2) is 7.30. The molecule has 0 fully saturated rings. The molecule has 1 atom stereocenters. The normalized spacial score (nSPS) is 12.1. The maximum Gasteiger partial charge on any atom is 0.172 e. The number of methoxy groups -OCH3 is 1. The first-order valence-electron chi connectivity index (χ1n) is 7.91. The van der Waals surface area contributed by atoms with E-state index in [2.05, 4.69) is 16.2 Å². The fourth-order valence-electron chi connectivity index (χ4n) is 2.75. The molecule has 0 aliphatic heterocycles. The van der Waals surface area contributed by atoms with Crippen LogP contribution in [0.25, 0.3) is 16.8 Å². The number of ether oxygens (including phenoxy) is 1. The van der Waals surface area contributed by atoms with E-state index in [4.69, 9.17) is 15.7 Å². The minimum Gasteiger partial charge on any atom is -0.496 e. The third-order valence-electron chi connectivity index (χ3n) is 4.19. The largest absolute Gasteiger partial charge is 0.496 e. The van der Waals surface area contributed by atoms with Crippen molar-refractivity contribution in [2.24, 2.45) is 11.7 Å². The van der Waals surface area contributed by atoms with Crippen LogP contribution in [0.4, 0.5) is 0 Å². The van der Waals surface area contributed by atoms with Crippen molar-refractivity contribution in [3.63, 3.8) is 0 Å². The fourth-order valence-corrected chi connectivity index (χ4v) is 2.75. The lowest BCUT2D eigenvalue weighted by Gasteiger charge is -2.15. The molecule has 2 heterocycles. The average molecular weight is 337 g/mol. The van der Waals surface area contributed by atoms with Gasteiger partial charge in [0.15, 0.2) is 5.65 Å². The average Bonchev–Trinajstić information content (AvgIpc) is 3.08. The van der Waals surface area contributed by atoms with Crippen molar-refractivity contribution in [2.45, 2.75) is 6.42 Å². The molecule has 3 N–H and O–H groups in total. The van der Waals surface area contributed by atoms with Gasteiger partial charge in [-0.2, -0.15) is 10.4 Å². The van der Waals surface area contributed by atoms with Crippen LogP contribution >= 0.6 is 0 Å². The molecule has 0 aliphatic rings. The summed E-state index contributed by atoms with van der Waals surface area (Å²) in [7, 11) is 1.62. The number of hydrogen-bond donors (Lipinski definition) is 2. The van der Waals surface area contributed by atoms with Gasteiger partial charge in [0.05, 0.1) is 13.3 Å². The first-order chi connectivity index (χ1) is 12.2. The number of aromatic nitrogens is 3. The van der Waals surface area contributed by atoms with Crippen molar-refractivity contribution in [1.29, 1.82) is 5.26 Å². The molecular weight excluding hydrogens is 318 g/mol. The summed E-state index contributed by atoms with van der Waals surface area (Å²) in [6.07, 6.45) is 5.68. The van der Waals surface area contributed by atoms with E-state index in [1.807, 2.05) is 24.4 Å². The van der Waals surface area contributed by atoms with Gasteiger partial charge in [0.2, 0.25) is 0 Å². The molecule has 1 unspecified atom stereocenters. The van der Waals surface area contributed by atoms with Gasteiger partial charge >= 0.3 is 0 Å². The summed E-state index contributed by atoms with van der Waals surface area (Å²) in [4.78, 5) is 4.34. The predicted molar refractivity (Wildman–Crippen MR) is 93.0 cm³/mol. The monoisotopic (exact) mass is 337 g/mol. The number of nitrogens with two attached hydrogens (primary N) is 1. The van der Waals surface area contributed by atoms with Crippen molar-refractivity contribution < 1.29 is 9.84 Å². The highest BCUT2D eigenvalue weighted by molar-refractivity contribution is 5.66. The van der Waals surface area contributed by atoms with Crippen molar-refractivity contribution in [2.75, 3.05) is 20.3 Å². The summed E-state index contributed by atoms with van der Waals surface area (Å²) in [5.41, 5.74) is 9.47. The van der Waals surface area contributed by atoms with Crippen LogP contribution in [-0.2, 0) is 6.42 Å². The van der Waals surface area contributed by atoms with Crippen LogP contribution in [0.5, 0.6) is 5.75 Å². The van der Waals surface area contributed by atoms with Gasteiger partial charge in [0.25, 0.3) is 0 Å². The van der Waals surface area contributed by atoms with E-state index < -0.39 is 0 Å². The zero-order chi connectivity index (χ0) is 17.8. The van der Waals surface area contributed by atoms with Crippen LogP contribution in [0.1, 0.15) is 11.1 Å². The fraction of sp³-hybridized carbons (Fsp3) is 0.278. The van der Waals surface area contributed by atoms with Gasteiger partial charge in [-0.15, -0.1) is 0 Å². The molecule has 0 spiro atoms. The molecule has 0 saturated carbocycles. The summed E-state index contributed by atoms with van der Waals surface area (Å²) < 4.78 is 7.01. The topological polar surface area (TPSA) is 109 Å². The Morgan fingerprint density at radius 2 is 2.20 bits per heavy atom. The molecule has 0 amide bonds. The van der Waals surface area contributed by atoms with Crippen molar-refractivity contribution in [3.8, 4) is 22.9 Å². The minimum absolute atomic E-state index is 0.0194. The summed E-state index contributed by atoms with van der Waals surface area (Å²) in [5, 5.41) is 22.6. The summed E-state index contributed by atoms with van der Waals surface area (Å²) in [6, 6.07) is 7.91. The molecule has 25 heavy (non-hydrogen) atoms. The van der Waals surface area contributed by atoms with E-state index in [0.717, 1.165) is 22.4 Å². The minimum atomic E-state index is -0.0194. The van der Waals surface area contributed by atoms with Crippen LogP contribution in [0.3, 0.4) is 0 Å². The van der Waals surface area contributed by atoms with Gasteiger partial charge in [-0.25, -0.2) is 9.50 Å². The first kappa shape index (κ1) is 16.9. The molecule has 7 heteroatoms. The molecule has 3 aromatic rings. The lowest BCUT2D eigenvalue weighted by atomic mass is 9.96. The number of nitrogens with zero attached hydrogens (tertiary/aromatic N) is 4. The Labute approximate surface area is 145 Å². The second-order valence-electron chi connectivity index (χ2n) is 5.80. The molecule has 2 aromatic heterocycles. The zero-order valence-corrected chi connectivity index (χ0v) is 13.9. The number of nitriles is 1. The molecular formula is C18H19N5O2. The van der Waals surface area contributed by atoms with Crippen LogP contribution in [-0.4, -0.2) is 40.0 Å². The predicted octanol–water partition coefficient (Wildman–Crippen LogP) is 1.39. The molecule has 0 saturated heterocycles. The third-order valence-corrected chi connectivity index (χ3v) is 4.19. The highest BCUT2D eigenvalue weighted by Gasteiger charge is 2.13. The zero-order valence-electron chi connectivity index (χ0n) is 13.9. The Bertz CT molecular complexity index is 925. The SMILES string of the molecule is COc1ccc(-c2cnc3c(C#N)cnn3c2)cc1CC(CN)CO. The maximum atomic E-state index is 9.41. The van der Waals surface area contributed by atoms with E-state index >= 15 is 0 Å². The summed E-state index contributed by atoms with van der Waals surface area (Å²) >= 11 is 0. The molecule has 1 aromatic carbocycles. The quantitative estimate of drug-likeness (QED) is 0.703. The molecule has 0 aliphatic carbocycles. The van der Waals surface area contributed by atoms with Gasteiger partial charge in [-0.1, -0.05) is 6.07 Å². The smallest absolute Gasteiger partial charge is 0.172 e. The van der Waals surface area contributed by atoms with E-state index in [-0.39, 0.29) is 12.5 Å². The number of benzene rings is 1. The summed E-state index contributed by atoms with van der Waals surface area (Å²) in [6.45, 7) is 0.434. The molecule has 3 rings (SSSR count). The molecule has 7 nitrogen and oxygen atoms in total. The Kier molecular flexibility index (Phi) is 4.93. The number of fused-ring (bicyclic) bond motifs is 1. The third kappa shape index (κ3) is 3.31. The Morgan fingerprint density at radius 3 is 2.88 bits per heavy atom. The Morgan fingerprint density at radius 1 is 1.36 bits per heavy atom. The number of hydrogen-bond acceptors (Lipinski definition) is 6. The van der Waals surface area contributed by atoms with Gasteiger partial charge in [-0.05, 0) is 42.1 Å². The molecule has 128 valence electrons. The van der Waals surface area contributed by atoms with Gasteiger partial charge < -0.3 is 15.6 Å². The highest BCUT2D eigenvalue weighted by Crippen LogP contribution is 2.28. The van der Waals surface area contributed by atoms with Crippen LogP contribution < -0.4 is 10.5 Å². The molecule has 0 bridgehead atoms. The van der Waals surface area contributed by atoms with E-state index in [9.17, 15) is 5.11 Å². The van der Waals surface area contributed by atoms with Crippen molar-refractivity contribution in [1.82, 2.24) is 14.6 Å². The van der Waals surface area contributed by atoms with Crippen LogP contribution in [0, 0.1) is 17.2 Å². The van der Waals surface area contributed by atoms with Crippen LogP contribution in [0.15, 0.2) is 36.8 Å². The Hall–Kier alpha value is -2.95. The lowest BCUT2D eigenvalue weighted by molar-refractivity contribution is 0.229. The second-order valence-corrected chi connectivity index (χ2v) is 5.80. The van der Waals surface area contributed by atoms with Crippen molar-refractivity contribution >= 4 is 5.65 Å². The molecule has 0 radical (unpaired) electrons. The van der Waals surface area contributed by atoms with Gasteiger partial charge in [0.1, 0.15) is 17.4 Å². The number of rotatable bonds is 6. The lowest BCUT2D eigenvalue weighted by Crippen LogP contribution is -2.20. The standard InChI is InChI=1S/C18H19N5O2/c1-25-17-3-2-13(5-14(17)4-12(6-19)11-24)16-8-21-18-15(7-20)9-22-23(18)10-16/h2-3,5,8-10,12,24H,4,6,11,19H2,1H3. The number of aliphatic hydroxyl groups excluding tert-OH is 1. The Balaban J connectivity index is 2.01. The van der Waals surface area contributed by atoms with Crippen LogP contribution in [0.2, 0.25) is 0 Å². The first-order valence-corrected chi connectivity index (χ1v) is 7.91. The van der Waals surface area contributed by atoms with E-state index in [0.29, 0.717) is 24.2 Å². The summed E-state index contributed by atoms with van der Waals surface area (Å²) in [5.74, 6) is 0.740. The maximum absolute atomic E-state index is 9.41.